The molecule has 1 saturated heterocycles. The molecule has 6 heteroatoms. The maximum Gasteiger partial charge on any atom is 0.240 e. The van der Waals surface area contributed by atoms with Gasteiger partial charge in [-0.05, 0) is 38.3 Å². The van der Waals surface area contributed by atoms with Crippen molar-refractivity contribution in [2.75, 3.05) is 26.2 Å². The molecule has 20 heavy (non-hydrogen) atoms. The van der Waals surface area contributed by atoms with Crippen molar-refractivity contribution in [1.29, 1.82) is 0 Å². The summed E-state index contributed by atoms with van der Waals surface area (Å²) in [5.74, 6) is 0.693. The second kappa shape index (κ2) is 9.08. The van der Waals surface area contributed by atoms with E-state index in [-0.39, 0.29) is 30.7 Å². The summed E-state index contributed by atoms with van der Waals surface area (Å²) in [6.07, 6.45) is 6.31. The van der Waals surface area contributed by atoms with Gasteiger partial charge in [-0.25, -0.2) is 0 Å². The average Bonchev–Trinajstić information content (AvgIpc) is 2.84. The molecule has 1 unspecified atom stereocenters. The van der Waals surface area contributed by atoms with Crippen molar-refractivity contribution in [3.8, 4) is 0 Å². The third-order valence-electron chi connectivity index (χ3n) is 4.57. The van der Waals surface area contributed by atoms with Crippen LogP contribution in [0.3, 0.4) is 0 Å². The topological polar surface area (TPSA) is 58.4 Å². The third kappa shape index (κ3) is 5.06. The third-order valence-corrected chi connectivity index (χ3v) is 4.57. The maximum atomic E-state index is 12.2. The molecule has 1 saturated carbocycles. The van der Waals surface area contributed by atoms with E-state index in [1.54, 1.807) is 0 Å². The molecule has 1 heterocycles. The number of amides is 1. The van der Waals surface area contributed by atoms with Crippen LogP contribution in [0.4, 0.5) is 0 Å². The zero-order chi connectivity index (χ0) is 13.0. The number of hydrogen-bond acceptors (Lipinski definition) is 3. The lowest BCUT2D eigenvalue weighted by molar-refractivity contribution is -0.127. The van der Waals surface area contributed by atoms with Crippen LogP contribution in [-0.4, -0.2) is 42.5 Å². The first kappa shape index (κ1) is 20.0. The fourth-order valence-corrected chi connectivity index (χ4v) is 3.19. The van der Waals surface area contributed by atoms with E-state index < -0.39 is 5.54 Å². The molecule has 1 atom stereocenters. The summed E-state index contributed by atoms with van der Waals surface area (Å²) in [5, 5.41) is 3.09. The van der Waals surface area contributed by atoms with E-state index in [4.69, 9.17) is 5.73 Å². The van der Waals surface area contributed by atoms with E-state index in [1.807, 2.05) is 0 Å². The molecule has 0 radical (unpaired) electrons. The van der Waals surface area contributed by atoms with E-state index in [1.165, 1.54) is 19.4 Å². The monoisotopic (exact) mass is 325 g/mol. The van der Waals surface area contributed by atoms with E-state index in [2.05, 4.69) is 17.1 Å². The molecule has 2 aliphatic rings. The standard InChI is InChI=1S/C14H27N3O.2ClH/c1-2-17-9-6-12(11-17)10-16-13(18)14(15)7-4-3-5-8-14;;/h12H,2-11,15H2,1H3,(H,16,18);2*1H. The molecule has 120 valence electrons. The van der Waals surface area contributed by atoms with E-state index >= 15 is 0 Å². The molecule has 0 spiro atoms. The number of nitrogens with one attached hydrogen (secondary N) is 1. The minimum atomic E-state index is -0.582. The van der Waals surface area contributed by atoms with Crippen LogP contribution in [0.5, 0.6) is 0 Å². The fraction of sp³-hybridized carbons (Fsp3) is 0.929. The van der Waals surface area contributed by atoms with E-state index in [0.717, 1.165) is 45.3 Å². The van der Waals surface area contributed by atoms with Gasteiger partial charge in [0.15, 0.2) is 0 Å². The van der Waals surface area contributed by atoms with Gasteiger partial charge in [-0.1, -0.05) is 26.2 Å². The first-order chi connectivity index (χ1) is 8.64. The quantitative estimate of drug-likeness (QED) is 0.830. The summed E-state index contributed by atoms with van der Waals surface area (Å²) in [7, 11) is 0. The van der Waals surface area contributed by atoms with Crippen molar-refractivity contribution in [2.45, 2.75) is 51.0 Å². The molecule has 4 nitrogen and oxygen atoms in total. The Labute approximate surface area is 135 Å². The Bertz CT molecular complexity index is 296. The Morgan fingerprint density at radius 1 is 1.30 bits per heavy atom. The predicted octanol–water partition coefficient (Wildman–Crippen LogP) is 1.95. The van der Waals surface area contributed by atoms with Crippen molar-refractivity contribution in [3.05, 3.63) is 0 Å². The predicted molar refractivity (Wildman–Crippen MR) is 87.7 cm³/mol. The Kier molecular flexibility index (Phi) is 9.07. The number of nitrogens with zero attached hydrogens (tertiary/aromatic N) is 1. The molecule has 1 amide bonds. The molecule has 1 aliphatic heterocycles. The van der Waals surface area contributed by atoms with E-state index in [0.29, 0.717) is 5.92 Å². The lowest BCUT2D eigenvalue weighted by Crippen LogP contribution is -2.55. The Hall–Kier alpha value is -0.0300. The van der Waals surface area contributed by atoms with E-state index in [9.17, 15) is 4.79 Å². The van der Waals surface area contributed by atoms with Gasteiger partial charge >= 0.3 is 0 Å². The van der Waals surface area contributed by atoms with Crippen molar-refractivity contribution in [2.24, 2.45) is 11.7 Å². The Morgan fingerprint density at radius 3 is 2.50 bits per heavy atom. The number of hydrogen-bond donors (Lipinski definition) is 2. The number of halogens is 2. The summed E-state index contributed by atoms with van der Waals surface area (Å²) in [6.45, 7) is 6.40. The van der Waals surface area contributed by atoms with Crippen LogP contribution in [0.2, 0.25) is 0 Å². The number of nitrogens with two attached hydrogens (primary N) is 1. The minimum Gasteiger partial charge on any atom is -0.354 e. The molecule has 0 bridgehead atoms. The van der Waals surface area contributed by atoms with Gasteiger partial charge in [0.25, 0.3) is 0 Å². The normalized spacial score (nSPS) is 25.4. The molecule has 0 aromatic rings. The molecule has 2 fully saturated rings. The highest BCUT2D eigenvalue weighted by atomic mass is 35.5. The van der Waals surface area contributed by atoms with Gasteiger partial charge in [0.05, 0.1) is 5.54 Å². The minimum absolute atomic E-state index is 0. The highest BCUT2D eigenvalue weighted by Gasteiger charge is 2.35. The molecule has 0 aromatic heterocycles. The van der Waals surface area contributed by atoms with Gasteiger partial charge in [-0.15, -0.1) is 24.8 Å². The van der Waals surface area contributed by atoms with Crippen molar-refractivity contribution in [3.63, 3.8) is 0 Å². The summed E-state index contributed by atoms with van der Waals surface area (Å²) in [5.41, 5.74) is 5.64. The number of carbonyl (C=O) groups excluding carboxylic acids is 1. The van der Waals surface area contributed by atoms with Crippen molar-refractivity contribution < 1.29 is 4.79 Å². The van der Waals surface area contributed by atoms with Gasteiger partial charge in [0.2, 0.25) is 5.91 Å². The first-order valence-electron chi connectivity index (χ1n) is 7.43. The molecular weight excluding hydrogens is 297 g/mol. The Morgan fingerprint density at radius 2 is 1.95 bits per heavy atom. The lowest BCUT2D eigenvalue weighted by atomic mass is 9.82. The SMILES string of the molecule is CCN1CCC(CNC(=O)C2(N)CCCCC2)C1.Cl.Cl. The summed E-state index contributed by atoms with van der Waals surface area (Å²) in [6, 6.07) is 0. The molecule has 1 aliphatic carbocycles. The Balaban J connectivity index is 0.00000180. The van der Waals surface area contributed by atoms with Crippen LogP contribution >= 0.6 is 24.8 Å². The zero-order valence-electron chi connectivity index (χ0n) is 12.4. The van der Waals surface area contributed by atoms with Gasteiger partial charge in [0, 0.05) is 13.1 Å². The summed E-state index contributed by atoms with van der Waals surface area (Å²) < 4.78 is 0. The second-order valence-corrected chi connectivity index (χ2v) is 5.97. The van der Waals surface area contributed by atoms with Gasteiger partial charge in [0.1, 0.15) is 0 Å². The lowest BCUT2D eigenvalue weighted by Gasteiger charge is -2.32. The highest BCUT2D eigenvalue weighted by molar-refractivity contribution is 5.86. The summed E-state index contributed by atoms with van der Waals surface area (Å²) in [4.78, 5) is 14.6. The van der Waals surface area contributed by atoms with Crippen LogP contribution in [0.1, 0.15) is 45.4 Å². The smallest absolute Gasteiger partial charge is 0.240 e. The van der Waals surface area contributed by atoms with Crippen molar-refractivity contribution >= 4 is 30.7 Å². The highest BCUT2D eigenvalue weighted by Crippen LogP contribution is 2.26. The van der Waals surface area contributed by atoms with Gasteiger partial charge in [-0.3, -0.25) is 4.79 Å². The first-order valence-corrected chi connectivity index (χ1v) is 7.43. The van der Waals surface area contributed by atoms with Crippen LogP contribution in [-0.2, 0) is 4.79 Å². The number of likely N-dealkylation sites (tertiary alicyclic amines) is 1. The summed E-state index contributed by atoms with van der Waals surface area (Å²) >= 11 is 0. The van der Waals surface area contributed by atoms with Gasteiger partial charge in [-0.2, -0.15) is 0 Å². The number of carbonyl (C=O) groups is 1. The molecular formula is C14H29Cl2N3O. The molecule has 3 N–H and O–H groups in total. The molecule has 2 rings (SSSR count). The van der Waals surface area contributed by atoms with Crippen LogP contribution in [0, 0.1) is 5.92 Å². The zero-order valence-corrected chi connectivity index (χ0v) is 14.0. The number of rotatable bonds is 4. The van der Waals surface area contributed by atoms with Crippen LogP contribution in [0.25, 0.3) is 0 Å². The maximum absolute atomic E-state index is 12.2. The largest absolute Gasteiger partial charge is 0.354 e. The fourth-order valence-electron chi connectivity index (χ4n) is 3.19. The van der Waals surface area contributed by atoms with Gasteiger partial charge < -0.3 is 16.0 Å². The van der Waals surface area contributed by atoms with Crippen LogP contribution < -0.4 is 11.1 Å². The average molecular weight is 326 g/mol. The van der Waals surface area contributed by atoms with Crippen molar-refractivity contribution in [1.82, 2.24) is 10.2 Å². The molecule has 0 aromatic carbocycles. The van der Waals surface area contributed by atoms with Crippen LogP contribution in [0.15, 0.2) is 0 Å². The second-order valence-electron chi connectivity index (χ2n) is 5.97.